The number of benzene rings is 1. The molecule has 0 spiro atoms. The Kier molecular flexibility index (Phi) is 5.71. The van der Waals surface area contributed by atoms with Gasteiger partial charge in [-0.15, -0.1) is 11.3 Å². The Labute approximate surface area is 159 Å². The molecule has 7 heteroatoms. The molecule has 0 N–H and O–H groups in total. The number of hydrogen-bond acceptors (Lipinski definition) is 7. The molecule has 0 amide bonds. The monoisotopic (exact) mass is 386 g/mol. The van der Waals surface area contributed by atoms with Crippen molar-refractivity contribution in [1.29, 1.82) is 0 Å². The third-order valence-electron chi connectivity index (χ3n) is 4.08. The zero-order chi connectivity index (χ0) is 19.4. The van der Waals surface area contributed by atoms with Gasteiger partial charge in [-0.2, -0.15) is 0 Å². The minimum Gasteiger partial charge on any atom is -0.469 e. The molecule has 0 aliphatic carbocycles. The van der Waals surface area contributed by atoms with E-state index in [1.165, 1.54) is 30.6 Å². The maximum absolute atomic E-state index is 12.3. The van der Waals surface area contributed by atoms with Gasteiger partial charge in [0, 0.05) is 28.8 Å². The maximum Gasteiger partial charge on any atom is 0.336 e. The smallest absolute Gasteiger partial charge is 0.336 e. The molecule has 0 fully saturated rings. The Bertz CT molecular complexity index is 1030. The first-order chi connectivity index (χ1) is 13.0. The lowest BCUT2D eigenvalue weighted by atomic mass is 10.0. The van der Waals surface area contributed by atoms with Crippen molar-refractivity contribution in [2.75, 3.05) is 7.11 Å². The Morgan fingerprint density at radius 3 is 2.70 bits per heavy atom. The molecule has 0 atom stereocenters. The van der Waals surface area contributed by atoms with Crippen molar-refractivity contribution < 1.29 is 23.5 Å². The molecular weight excluding hydrogens is 368 g/mol. The van der Waals surface area contributed by atoms with Gasteiger partial charge in [-0.25, -0.2) is 4.79 Å². The SMILES string of the molecule is COC(=O)CCc1cc2c(C)cc(=O)oc2cc1OC(=O)Cc1cccs1. The maximum atomic E-state index is 12.3. The third-order valence-corrected chi connectivity index (χ3v) is 4.96. The summed E-state index contributed by atoms with van der Waals surface area (Å²) in [5, 5.41) is 2.62. The first-order valence-corrected chi connectivity index (χ1v) is 9.21. The van der Waals surface area contributed by atoms with Crippen LogP contribution in [0, 0.1) is 6.92 Å². The minimum absolute atomic E-state index is 0.143. The van der Waals surface area contributed by atoms with E-state index in [4.69, 9.17) is 9.15 Å². The number of esters is 2. The van der Waals surface area contributed by atoms with Gasteiger partial charge in [0.15, 0.2) is 0 Å². The second kappa shape index (κ2) is 8.18. The van der Waals surface area contributed by atoms with Crippen molar-refractivity contribution in [3.05, 3.63) is 62.1 Å². The average molecular weight is 386 g/mol. The van der Waals surface area contributed by atoms with Crippen LogP contribution in [0.25, 0.3) is 11.0 Å². The standard InChI is InChI=1S/C20H18O6S/c1-12-8-19(22)26-17-11-16(25-20(23)10-14-4-3-7-27-14)13(9-15(12)17)5-6-18(21)24-2/h3-4,7-9,11H,5-6,10H2,1-2H3. The number of fused-ring (bicyclic) bond motifs is 1. The first-order valence-electron chi connectivity index (χ1n) is 8.33. The van der Waals surface area contributed by atoms with E-state index < -0.39 is 11.6 Å². The zero-order valence-electron chi connectivity index (χ0n) is 14.9. The summed E-state index contributed by atoms with van der Waals surface area (Å²) in [5.41, 5.74) is 1.28. The predicted molar refractivity (Wildman–Crippen MR) is 101 cm³/mol. The van der Waals surface area contributed by atoms with Crippen LogP contribution >= 0.6 is 11.3 Å². The van der Waals surface area contributed by atoms with E-state index in [1.807, 2.05) is 17.5 Å². The molecule has 0 aliphatic rings. The summed E-state index contributed by atoms with van der Waals surface area (Å²) in [6.07, 6.45) is 0.625. The van der Waals surface area contributed by atoms with Crippen molar-refractivity contribution in [3.63, 3.8) is 0 Å². The van der Waals surface area contributed by atoms with E-state index in [-0.39, 0.29) is 24.6 Å². The fraction of sp³-hybridized carbons (Fsp3) is 0.250. The highest BCUT2D eigenvalue weighted by Crippen LogP contribution is 2.29. The topological polar surface area (TPSA) is 82.8 Å². The number of hydrogen-bond donors (Lipinski definition) is 0. The van der Waals surface area contributed by atoms with Gasteiger partial charge in [0.2, 0.25) is 0 Å². The Morgan fingerprint density at radius 2 is 2.00 bits per heavy atom. The fourth-order valence-corrected chi connectivity index (χ4v) is 3.42. The Morgan fingerprint density at radius 1 is 1.19 bits per heavy atom. The minimum atomic E-state index is -0.474. The molecule has 27 heavy (non-hydrogen) atoms. The molecule has 6 nitrogen and oxygen atoms in total. The zero-order valence-corrected chi connectivity index (χ0v) is 15.8. The van der Waals surface area contributed by atoms with Gasteiger partial charge in [0.1, 0.15) is 11.3 Å². The van der Waals surface area contributed by atoms with Crippen molar-refractivity contribution in [2.45, 2.75) is 26.2 Å². The lowest BCUT2D eigenvalue weighted by Crippen LogP contribution is -2.12. The fourth-order valence-electron chi connectivity index (χ4n) is 2.73. The number of ether oxygens (including phenoxy) is 2. The Balaban J connectivity index is 1.95. The van der Waals surface area contributed by atoms with Crippen molar-refractivity contribution >= 4 is 34.2 Å². The molecule has 3 aromatic rings. The van der Waals surface area contributed by atoms with Crippen molar-refractivity contribution in [2.24, 2.45) is 0 Å². The third kappa shape index (κ3) is 4.62. The van der Waals surface area contributed by atoms with Crippen LogP contribution in [-0.4, -0.2) is 19.0 Å². The molecule has 2 heterocycles. The summed E-state index contributed by atoms with van der Waals surface area (Å²) in [4.78, 5) is 36.4. The van der Waals surface area contributed by atoms with E-state index in [1.54, 1.807) is 13.0 Å². The molecular formula is C20H18O6S. The molecule has 2 aromatic heterocycles. The van der Waals surface area contributed by atoms with Crippen LogP contribution in [0.5, 0.6) is 5.75 Å². The molecule has 0 aliphatic heterocycles. The number of thiophene rings is 1. The lowest BCUT2D eigenvalue weighted by Gasteiger charge is -2.12. The summed E-state index contributed by atoms with van der Waals surface area (Å²) in [6.45, 7) is 1.80. The summed E-state index contributed by atoms with van der Waals surface area (Å²) < 4.78 is 15.4. The van der Waals surface area contributed by atoms with E-state index in [0.717, 1.165) is 15.8 Å². The van der Waals surface area contributed by atoms with E-state index in [9.17, 15) is 14.4 Å². The van der Waals surface area contributed by atoms with Gasteiger partial charge in [-0.05, 0) is 42.0 Å². The van der Waals surface area contributed by atoms with Crippen LogP contribution in [0.4, 0.5) is 0 Å². The second-order valence-electron chi connectivity index (χ2n) is 6.01. The summed E-state index contributed by atoms with van der Waals surface area (Å²) in [6, 6.07) is 8.43. The van der Waals surface area contributed by atoms with Crippen molar-refractivity contribution in [1.82, 2.24) is 0 Å². The Hall–Kier alpha value is -2.93. The van der Waals surface area contributed by atoms with E-state index >= 15 is 0 Å². The average Bonchev–Trinajstić information content (AvgIpc) is 3.12. The van der Waals surface area contributed by atoms with Crippen LogP contribution in [0.2, 0.25) is 0 Å². The lowest BCUT2D eigenvalue weighted by molar-refractivity contribution is -0.140. The highest BCUT2D eigenvalue weighted by molar-refractivity contribution is 7.10. The molecule has 0 saturated heterocycles. The quantitative estimate of drug-likeness (QED) is 0.367. The number of carbonyl (C=O) groups excluding carboxylic acids is 2. The summed E-state index contributed by atoms with van der Waals surface area (Å²) in [5.74, 6) is -0.505. The van der Waals surface area contributed by atoms with Gasteiger partial charge >= 0.3 is 17.6 Å². The van der Waals surface area contributed by atoms with Gasteiger partial charge in [0.25, 0.3) is 0 Å². The second-order valence-corrected chi connectivity index (χ2v) is 7.04. The van der Waals surface area contributed by atoms with Crippen LogP contribution < -0.4 is 10.4 Å². The molecule has 0 radical (unpaired) electrons. The molecule has 0 bridgehead atoms. The largest absolute Gasteiger partial charge is 0.469 e. The predicted octanol–water partition coefficient (Wildman–Crippen LogP) is 3.42. The molecule has 1 aromatic carbocycles. The molecule has 0 unspecified atom stereocenters. The van der Waals surface area contributed by atoms with Crippen LogP contribution in [-0.2, 0) is 27.2 Å². The van der Waals surface area contributed by atoms with Gasteiger partial charge in [-0.1, -0.05) is 6.07 Å². The number of methoxy groups -OCH3 is 1. The van der Waals surface area contributed by atoms with Crippen LogP contribution in [0.1, 0.15) is 22.4 Å². The van der Waals surface area contributed by atoms with E-state index in [2.05, 4.69) is 4.74 Å². The van der Waals surface area contributed by atoms with Gasteiger partial charge < -0.3 is 13.9 Å². The number of carbonyl (C=O) groups is 2. The van der Waals surface area contributed by atoms with Gasteiger partial charge in [0.05, 0.1) is 13.5 Å². The normalized spacial score (nSPS) is 10.7. The van der Waals surface area contributed by atoms with Crippen molar-refractivity contribution in [3.8, 4) is 5.75 Å². The first kappa shape index (κ1) is 18.8. The number of aryl methyl sites for hydroxylation is 2. The molecule has 3 rings (SSSR count). The highest BCUT2D eigenvalue weighted by Gasteiger charge is 2.16. The van der Waals surface area contributed by atoms with Gasteiger partial charge in [-0.3, -0.25) is 9.59 Å². The summed E-state index contributed by atoms with van der Waals surface area (Å²) in [7, 11) is 1.32. The number of rotatable bonds is 6. The van der Waals surface area contributed by atoms with E-state index in [0.29, 0.717) is 17.6 Å². The molecule has 140 valence electrons. The van der Waals surface area contributed by atoms with Crippen LogP contribution in [0.15, 0.2) is 44.9 Å². The molecule has 0 saturated carbocycles. The highest BCUT2D eigenvalue weighted by atomic mass is 32.1. The van der Waals surface area contributed by atoms with Crippen LogP contribution in [0.3, 0.4) is 0 Å². The summed E-state index contributed by atoms with van der Waals surface area (Å²) >= 11 is 1.47.